The number of halogens is 1. The predicted molar refractivity (Wildman–Crippen MR) is 141 cm³/mol. The van der Waals surface area contributed by atoms with Crippen LogP contribution in [0, 0.1) is 0 Å². The molecule has 8 heteroatoms. The van der Waals surface area contributed by atoms with Crippen LogP contribution in [0.1, 0.15) is 54.9 Å². The maximum absolute atomic E-state index is 12.1. The summed E-state index contributed by atoms with van der Waals surface area (Å²) in [5.41, 5.74) is 1.99. The van der Waals surface area contributed by atoms with Crippen molar-refractivity contribution in [3.8, 4) is 0 Å². The quantitative estimate of drug-likeness (QED) is 0.307. The van der Waals surface area contributed by atoms with E-state index in [1.54, 1.807) is 19.0 Å². The minimum atomic E-state index is 0. The van der Waals surface area contributed by atoms with E-state index >= 15 is 0 Å². The summed E-state index contributed by atoms with van der Waals surface area (Å²) in [6.07, 6.45) is 6.41. The molecule has 1 aromatic rings. The lowest BCUT2D eigenvalue weighted by Gasteiger charge is -2.48. The Balaban J connectivity index is 0.00000363. The zero-order valence-corrected chi connectivity index (χ0v) is 22.2. The SMILES string of the molecule is CCNC(=NCc1ccc(C(=O)N(C)C)cc1)NCC1(N2CCOCC2)CCCCC1.I. The number of hydrogen-bond acceptors (Lipinski definition) is 4. The van der Waals surface area contributed by atoms with Gasteiger partial charge in [-0.2, -0.15) is 0 Å². The first-order valence-corrected chi connectivity index (χ1v) is 11.7. The summed E-state index contributed by atoms with van der Waals surface area (Å²) in [4.78, 5) is 21.1. The Morgan fingerprint density at radius 2 is 1.75 bits per heavy atom. The van der Waals surface area contributed by atoms with Crippen LogP contribution in [0.25, 0.3) is 0 Å². The molecule has 1 saturated carbocycles. The standard InChI is InChI=1S/C24H39N5O2.HI/c1-4-25-23(26-18-20-8-10-21(11-9-20)22(30)28(2)3)27-19-24(12-6-5-7-13-24)29-14-16-31-17-15-29;/h8-11H,4-7,12-19H2,1-3H3,(H2,25,26,27);1H. The van der Waals surface area contributed by atoms with E-state index in [-0.39, 0.29) is 35.4 Å². The highest BCUT2D eigenvalue weighted by molar-refractivity contribution is 14.0. The van der Waals surface area contributed by atoms with Crippen molar-refractivity contribution in [2.24, 2.45) is 4.99 Å². The molecule has 1 aliphatic carbocycles. The first-order chi connectivity index (χ1) is 15.0. The topological polar surface area (TPSA) is 69.2 Å². The second kappa shape index (κ2) is 13.3. The van der Waals surface area contributed by atoms with Crippen molar-refractivity contribution in [1.29, 1.82) is 0 Å². The summed E-state index contributed by atoms with van der Waals surface area (Å²) in [6.45, 7) is 8.13. The molecule has 7 nitrogen and oxygen atoms in total. The Labute approximate surface area is 210 Å². The van der Waals surface area contributed by atoms with Crippen LogP contribution in [0.2, 0.25) is 0 Å². The summed E-state index contributed by atoms with van der Waals surface area (Å²) in [5, 5.41) is 7.03. The van der Waals surface area contributed by atoms with Crippen LogP contribution in [0.5, 0.6) is 0 Å². The van der Waals surface area contributed by atoms with Crippen molar-refractivity contribution < 1.29 is 9.53 Å². The molecule has 1 saturated heterocycles. The number of guanidine groups is 1. The average Bonchev–Trinajstić information content (AvgIpc) is 2.82. The first kappa shape index (κ1) is 26.9. The van der Waals surface area contributed by atoms with Gasteiger partial charge in [0.2, 0.25) is 0 Å². The molecule has 180 valence electrons. The Bertz CT molecular complexity index is 726. The number of morpholine rings is 1. The van der Waals surface area contributed by atoms with Crippen LogP contribution in [0.15, 0.2) is 29.3 Å². The molecule has 1 aromatic carbocycles. The second-order valence-corrected chi connectivity index (χ2v) is 8.83. The van der Waals surface area contributed by atoms with Gasteiger partial charge in [0.1, 0.15) is 0 Å². The number of nitrogens with zero attached hydrogens (tertiary/aromatic N) is 3. The molecule has 0 bridgehead atoms. The lowest BCUT2D eigenvalue weighted by molar-refractivity contribution is -0.0352. The zero-order chi connectivity index (χ0) is 22.1. The Hall–Kier alpha value is -1.39. The number of hydrogen-bond donors (Lipinski definition) is 2. The molecule has 1 heterocycles. The van der Waals surface area contributed by atoms with Gasteiger partial charge in [-0.15, -0.1) is 24.0 Å². The Morgan fingerprint density at radius 3 is 2.34 bits per heavy atom. The molecule has 0 unspecified atom stereocenters. The number of aliphatic imine (C=N–C) groups is 1. The van der Waals surface area contributed by atoms with Crippen molar-refractivity contribution in [3.05, 3.63) is 35.4 Å². The largest absolute Gasteiger partial charge is 0.379 e. The van der Waals surface area contributed by atoms with E-state index in [1.807, 2.05) is 24.3 Å². The summed E-state index contributed by atoms with van der Waals surface area (Å²) < 4.78 is 5.60. The third-order valence-electron chi connectivity index (χ3n) is 6.42. The van der Waals surface area contributed by atoms with Gasteiger partial charge in [-0.3, -0.25) is 9.69 Å². The summed E-state index contributed by atoms with van der Waals surface area (Å²) in [6, 6.07) is 7.73. The van der Waals surface area contributed by atoms with Gasteiger partial charge in [0.05, 0.1) is 19.8 Å². The highest BCUT2D eigenvalue weighted by atomic mass is 127. The van der Waals surface area contributed by atoms with Gasteiger partial charge < -0.3 is 20.3 Å². The lowest BCUT2D eigenvalue weighted by Crippen LogP contribution is -2.60. The van der Waals surface area contributed by atoms with E-state index in [0.717, 1.165) is 50.9 Å². The molecule has 2 aliphatic rings. The Kier molecular flexibility index (Phi) is 11.2. The highest BCUT2D eigenvalue weighted by Gasteiger charge is 2.38. The van der Waals surface area contributed by atoms with Crippen LogP contribution < -0.4 is 10.6 Å². The maximum atomic E-state index is 12.1. The number of nitrogens with one attached hydrogen (secondary N) is 2. The van der Waals surface area contributed by atoms with E-state index in [1.165, 1.54) is 32.1 Å². The van der Waals surface area contributed by atoms with Gasteiger partial charge >= 0.3 is 0 Å². The summed E-state index contributed by atoms with van der Waals surface area (Å²) in [7, 11) is 3.54. The van der Waals surface area contributed by atoms with E-state index in [4.69, 9.17) is 9.73 Å². The average molecular weight is 558 g/mol. The molecule has 2 fully saturated rings. The molecule has 0 radical (unpaired) electrons. The molecule has 3 rings (SSSR count). The van der Waals surface area contributed by atoms with Crippen molar-refractivity contribution in [2.75, 3.05) is 53.5 Å². The van der Waals surface area contributed by atoms with E-state index in [9.17, 15) is 4.79 Å². The van der Waals surface area contributed by atoms with Gasteiger partial charge in [-0.1, -0.05) is 31.4 Å². The fourth-order valence-corrected chi connectivity index (χ4v) is 4.62. The summed E-state index contributed by atoms with van der Waals surface area (Å²) >= 11 is 0. The Morgan fingerprint density at radius 1 is 1.09 bits per heavy atom. The predicted octanol–water partition coefficient (Wildman–Crippen LogP) is 3.10. The van der Waals surface area contributed by atoms with Gasteiger partial charge in [0.25, 0.3) is 5.91 Å². The molecule has 32 heavy (non-hydrogen) atoms. The normalized spacial score (nSPS) is 19.0. The number of ether oxygens (including phenoxy) is 1. The molecular formula is C24H40IN5O2. The van der Waals surface area contributed by atoms with E-state index < -0.39 is 0 Å². The number of carbonyl (C=O) groups is 1. The maximum Gasteiger partial charge on any atom is 0.253 e. The molecule has 0 spiro atoms. The van der Waals surface area contributed by atoms with Crippen molar-refractivity contribution in [2.45, 2.75) is 51.1 Å². The van der Waals surface area contributed by atoms with Crippen molar-refractivity contribution >= 4 is 35.8 Å². The fourth-order valence-electron chi connectivity index (χ4n) is 4.62. The third-order valence-corrected chi connectivity index (χ3v) is 6.42. The summed E-state index contributed by atoms with van der Waals surface area (Å²) in [5.74, 6) is 0.875. The smallest absolute Gasteiger partial charge is 0.253 e. The van der Waals surface area contributed by atoms with Crippen LogP contribution in [0.4, 0.5) is 0 Å². The molecule has 2 N–H and O–H groups in total. The van der Waals surface area contributed by atoms with Crippen LogP contribution in [-0.2, 0) is 11.3 Å². The third kappa shape index (κ3) is 7.31. The number of rotatable bonds is 7. The van der Waals surface area contributed by atoms with E-state index in [2.05, 4.69) is 22.5 Å². The number of benzene rings is 1. The van der Waals surface area contributed by atoms with Gasteiger partial charge in [-0.25, -0.2) is 4.99 Å². The van der Waals surface area contributed by atoms with E-state index in [0.29, 0.717) is 12.1 Å². The molecule has 0 aromatic heterocycles. The minimum Gasteiger partial charge on any atom is -0.379 e. The molecule has 1 aliphatic heterocycles. The molecular weight excluding hydrogens is 517 g/mol. The highest BCUT2D eigenvalue weighted by Crippen LogP contribution is 2.33. The first-order valence-electron chi connectivity index (χ1n) is 11.7. The second-order valence-electron chi connectivity index (χ2n) is 8.83. The lowest BCUT2D eigenvalue weighted by atomic mass is 9.80. The van der Waals surface area contributed by atoms with Gasteiger partial charge in [-0.05, 0) is 37.5 Å². The molecule has 1 amide bonds. The number of carbonyl (C=O) groups excluding carboxylic acids is 1. The monoisotopic (exact) mass is 557 g/mol. The zero-order valence-electron chi connectivity index (χ0n) is 19.9. The molecule has 0 atom stereocenters. The number of amides is 1. The van der Waals surface area contributed by atoms with Crippen LogP contribution in [-0.4, -0.2) is 80.7 Å². The van der Waals surface area contributed by atoms with Crippen molar-refractivity contribution in [3.63, 3.8) is 0 Å². The fraction of sp³-hybridized carbons (Fsp3) is 0.667. The minimum absolute atomic E-state index is 0. The van der Waals surface area contributed by atoms with Crippen molar-refractivity contribution in [1.82, 2.24) is 20.4 Å². The van der Waals surface area contributed by atoms with Gasteiger partial charge in [0.15, 0.2) is 5.96 Å². The van der Waals surface area contributed by atoms with Crippen LogP contribution in [0.3, 0.4) is 0 Å². The van der Waals surface area contributed by atoms with Gasteiger partial charge in [0, 0.05) is 51.4 Å². The van der Waals surface area contributed by atoms with Crippen LogP contribution >= 0.6 is 24.0 Å².